The van der Waals surface area contributed by atoms with Crippen molar-refractivity contribution in [2.45, 2.75) is 51.1 Å². The largest absolute Gasteiger partial charge is 0.381 e. The van der Waals surface area contributed by atoms with Gasteiger partial charge in [0.05, 0.1) is 12.6 Å². The van der Waals surface area contributed by atoms with Gasteiger partial charge in [-0.25, -0.2) is 0 Å². The molecule has 1 atom stereocenters. The second kappa shape index (κ2) is 9.76. The number of likely N-dealkylation sites (tertiary alicyclic amines) is 1. The first-order valence-corrected chi connectivity index (χ1v) is 10.6. The van der Waals surface area contributed by atoms with E-state index in [-0.39, 0.29) is 11.6 Å². The minimum Gasteiger partial charge on any atom is -0.381 e. The number of aliphatic imine (C=N–C) groups is 1. The quantitative estimate of drug-likeness (QED) is 0.573. The van der Waals surface area contributed by atoms with Crippen molar-refractivity contribution in [1.82, 2.24) is 15.5 Å². The lowest BCUT2D eigenvalue weighted by Crippen LogP contribution is -2.54. The van der Waals surface area contributed by atoms with Gasteiger partial charge in [0.2, 0.25) is 0 Å². The highest BCUT2D eigenvalue weighted by Crippen LogP contribution is 2.31. The van der Waals surface area contributed by atoms with Crippen LogP contribution in [0.5, 0.6) is 0 Å². The van der Waals surface area contributed by atoms with E-state index in [1.165, 1.54) is 25.9 Å². The fourth-order valence-electron chi connectivity index (χ4n) is 4.17. The van der Waals surface area contributed by atoms with Gasteiger partial charge in [-0.15, -0.1) is 0 Å². The van der Waals surface area contributed by atoms with Crippen LogP contribution in [-0.2, 0) is 4.74 Å². The lowest BCUT2D eigenvalue weighted by Gasteiger charge is -2.43. The minimum atomic E-state index is 0.0916. The van der Waals surface area contributed by atoms with Crippen LogP contribution >= 0.6 is 11.6 Å². The third-order valence-corrected chi connectivity index (χ3v) is 6.15. The number of hydrogen-bond donors (Lipinski definition) is 2. The number of halogens is 1. The molecule has 150 valence electrons. The van der Waals surface area contributed by atoms with Gasteiger partial charge in [-0.1, -0.05) is 29.8 Å². The fraction of sp³-hybridized carbons (Fsp3) is 0.667. The van der Waals surface area contributed by atoms with Crippen molar-refractivity contribution in [1.29, 1.82) is 0 Å². The monoisotopic (exact) mass is 392 g/mol. The Hall–Kier alpha value is -1.30. The molecule has 0 bridgehead atoms. The van der Waals surface area contributed by atoms with Gasteiger partial charge < -0.3 is 15.4 Å². The molecule has 0 radical (unpaired) electrons. The molecule has 0 saturated carbocycles. The number of nitrogens with one attached hydrogen (secondary N) is 2. The molecule has 2 N–H and O–H groups in total. The first-order valence-electron chi connectivity index (χ1n) is 10.3. The lowest BCUT2D eigenvalue weighted by atomic mass is 9.88. The van der Waals surface area contributed by atoms with Crippen molar-refractivity contribution in [2.75, 3.05) is 39.4 Å². The Bertz CT molecular complexity index is 624. The highest BCUT2D eigenvalue weighted by Gasteiger charge is 2.39. The van der Waals surface area contributed by atoms with E-state index in [9.17, 15) is 0 Å². The van der Waals surface area contributed by atoms with Crippen LogP contribution in [0.4, 0.5) is 0 Å². The molecule has 2 aliphatic heterocycles. The number of ether oxygens (including phenoxy) is 1. The maximum atomic E-state index is 6.37. The summed E-state index contributed by atoms with van der Waals surface area (Å²) in [7, 11) is 0. The van der Waals surface area contributed by atoms with Crippen molar-refractivity contribution in [2.24, 2.45) is 4.99 Å². The number of hydrogen-bond acceptors (Lipinski definition) is 3. The predicted molar refractivity (Wildman–Crippen MR) is 113 cm³/mol. The highest BCUT2D eigenvalue weighted by molar-refractivity contribution is 6.31. The normalized spacial score (nSPS) is 21.8. The SMILES string of the molecule is CCNC(=NCC1(N2CCCC2)CCOCC1)NC(C)c1ccccc1Cl. The van der Waals surface area contributed by atoms with Crippen LogP contribution in [0.1, 0.15) is 51.1 Å². The van der Waals surface area contributed by atoms with Crippen LogP contribution in [0.3, 0.4) is 0 Å². The van der Waals surface area contributed by atoms with Gasteiger partial charge in [0.15, 0.2) is 5.96 Å². The molecule has 27 heavy (non-hydrogen) atoms. The summed E-state index contributed by atoms with van der Waals surface area (Å²) in [5.41, 5.74) is 1.23. The maximum Gasteiger partial charge on any atom is 0.191 e. The van der Waals surface area contributed by atoms with E-state index in [1.807, 2.05) is 18.2 Å². The number of guanidine groups is 1. The average Bonchev–Trinajstić information content (AvgIpc) is 3.23. The summed E-state index contributed by atoms with van der Waals surface area (Å²) in [6.07, 6.45) is 4.73. The molecule has 6 heteroatoms. The Morgan fingerprint density at radius 3 is 2.63 bits per heavy atom. The van der Waals surface area contributed by atoms with E-state index in [2.05, 4.69) is 35.4 Å². The van der Waals surface area contributed by atoms with E-state index in [4.69, 9.17) is 21.3 Å². The molecule has 0 aliphatic carbocycles. The zero-order valence-electron chi connectivity index (χ0n) is 16.6. The smallest absolute Gasteiger partial charge is 0.191 e. The second-order valence-electron chi connectivity index (χ2n) is 7.61. The molecule has 2 fully saturated rings. The molecule has 0 aromatic heterocycles. The molecule has 2 heterocycles. The van der Waals surface area contributed by atoms with Crippen LogP contribution < -0.4 is 10.6 Å². The third-order valence-electron chi connectivity index (χ3n) is 5.80. The lowest BCUT2D eigenvalue weighted by molar-refractivity contribution is -0.0139. The van der Waals surface area contributed by atoms with Gasteiger partial charge >= 0.3 is 0 Å². The minimum absolute atomic E-state index is 0.0916. The molecule has 3 rings (SSSR count). The molecule has 0 spiro atoms. The van der Waals surface area contributed by atoms with Gasteiger partial charge in [-0.3, -0.25) is 9.89 Å². The zero-order valence-corrected chi connectivity index (χ0v) is 17.4. The zero-order chi connectivity index (χ0) is 19.1. The molecule has 1 aromatic rings. The van der Waals surface area contributed by atoms with E-state index < -0.39 is 0 Å². The summed E-state index contributed by atoms with van der Waals surface area (Å²) < 4.78 is 5.65. The van der Waals surface area contributed by atoms with Crippen molar-refractivity contribution >= 4 is 17.6 Å². The topological polar surface area (TPSA) is 48.9 Å². The van der Waals surface area contributed by atoms with Gasteiger partial charge in [-0.05, 0) is 64.3 Å². The predicted octanol–water partition coefficient (Wildman–Crippen LogP) is 3.60. The summed E-state index contributed by atoms with van der Waals surface area (Å²) in [6.45, 7) is 9.92. The molecular weight excluding hydrogens is 360 g/mol. The Morgan fingerprint density at radius 1 is 1.26 bits per heavy atom. The Balaban J connectivity index is 1.72. The van der Waals surface area contributed by atoms with E-state index >= 15 is 0 Å². The first kappa shape index (κ1) is 20.4. The van der Waals surface area contributed by atoms with Gasteiger partial charge in [-0.2, -0.15) is 0 Å². The van der Waals surface area contributed by atoms with Gasteiger partial charge in [0.25, 0.3) is 0 Å². The summed E-state index contributed by atoms with van der Waals surface area (Å²) in [4.78, 5) is 7.66. The van der Waals surface area contributed by atoms with Crippen LogP contribution in [0.2, 0.25) is 5.02 Å². The standard InChI is InChI=1S/C21H33ClN4O/c1-3-23-20(25-17(2)18-8-4-5-9-19(18)22)24-16-21(10-14-27-15-11-21)26-12-6-7-13-26/h4-5,8-9,17H,3,6-7,10-16H2,1-2H3,(H2,23,24,25). The maximum absolute atomic E-state index is 6.37. The van der Waals surface area contributed by atoms with Crippen LogP contribution in [0.15, 0.2) is 29.3 Å². The molecule has 5 nitrogen and oxygen atoms in total. The Labute approximate surface area is 168 Å². The second-order valence-corrected chi connectivity index (χ2v) is 8.02. The van der Waals surface area contributed by atoms with Crippen LogP contribution in [0.25, 0.3) is 0 Å². The van der Waals surface area contributed by atoms with Crippen LogP contribution in [0, 0.1) is 0 Å². The van der Waals surface area contributed by atoms with Gasteiger partial charge in [0, 0.05) is 30.3 Å². The highest BCUT2D eigenvalue weighted by atomic mass is 35.5. The first-order chi connectivity index (χ1) is 13.1. The van der Waals surface area contributed by atoms with E-state index in [0.29, 0.717) is 0 Å². The Morgan fingerprint density at radius 2 is 1.96 bits per heavy atom. The summed E-state index contributed by atoms with van der Waals surface area (Å²) >= 11 is 6.37. The number of benzene rings is 1. The number of nitrogens with zero attached hydrogens (tertiary/aromatic N) is 2. The molecule has 1 aromatic carbocycles. The van der Waals surface area contributed by atoms with Crippen molar-refractivity contribution in [3.8, 4) is 0 Å². The van der Waals surface area contributed by atoms with E-state index in [1.54, 1.807) is 0 Å². The third kappa shape index (κ3) is 5.15. The van der Waals surface area contributed by atoms with Crippen molar-refractivity contribution in [3.05, 3.63) is 34.9 Å². The van der Waals surface area contributed by atoms with Crippen molar-refractivity contribution in [3.63, 3.8) is 0 Å². The Kier molecular flexibility index (Phi) is 7.39. The van der Waals surface area contributed by atoms with Crippen LogP contribution in [-0.4, -0.2) is 55.8 Å². The molecule has 1 unspecified atom stereocenters. The molecule has 2 saturated heterocycles. The van der Waals surface area contributed by atoms with Gasteiger partial charge in [0.1, 0.15) is 0 Å². The fourth-order valence-corrected chi connectivity index (χ4v) is 4.47. The molecule has 0 amide bonds. The van der Waals surface area contributed by atoms with E-state index in [0.717, 1.165) is 55.7 Å². The molecule has 2 aliphatic rings. The summed E-state index contributed by atoms with van der Waals surface area (Å²) in [5.74, 6) is 0.856. The average molecular weight is 393 g/mol. The van der Waals surface area contributed by atoms with Crippen molar-refractivity contribution < 1.29 is 4.74 Å². The summed E-state index contributed by atoms with van der Waals surface area (Å²) in [6, 6.07) is 8.07. The molecular formula is C21H33ClN4O. The number of rotatable bonds is 6. The summed E-state index contributed by atoms with van der Waals surface area (Å²) in [5, 5.41) is 7.71.